The highest BCUT2D eigenvalue weighted by Gasteiger charge is 2.19. The third-order valence-corrected chi connectivity index (χ3v) is 3.20. The Morgan fingerprint density at radius 1 is 1.50 bits per heavy atom. The molecule has 0 bridgehead atoms. The number of halogens is 1. The van der Waals surface area contributed by atoms with Crippen LogP contribution in [0.5, 0.6) is 0 Å². The van der Waals surface area contributed by atoms with E-state index in [4.69, 9.17) is 16.7 Å². The Balaban J connectivity index is 2.93. The standard InChI is InChI=1S/C13H17ClN2O4/c1-9(2)15(6-5-13(17)18)8-10-3-4-11(14)7-12(10)16(19)20/h3-4,7,9H,5-6,8H2,1-2H3,(H,17,18). The fourth-order valence-corrected chi connectivity index (χ4v) is 1.98. The molecule has 0 aliphatic heterocycles. The number of carboxylic acids is 1. The van der Waals surface area contributed by atoms with E-state index < -0.39 is 10.9 Å². The molecule has 1 rings (SSSR count). The van der Waals surface area contributed by atoms with Crippen molar-refractivity contribution < 1.29 is 14.8 Å². The maximum Gasteiger partial charge on any atom is 0.304 e. The average Bonchev–Trinajstić information content (AvgIpc) is 2.35. The first-order valence-corrected chi connectivity index (χ1v) is 6.57. The molecule has 0 saturated carbocycles. The van der Waals surface area contributed by atoms with Crippen molar-refractivity contribution in [3.05, 3.63) is 38.9 Å². The molecule has 1 aromatic carbocycles. The maximum atomic E-state index is 11.0. The van der Waals surface area contributed by atoms with Crippen LogP contribution in [0.4, 0.5) is 5.69 Å². The molecular formula is C13H17ClN2O4. The Kier molecular flexibility index (Phi) is 5.91. The van der Waals surface area contributed by atoms with E-state index >= 15 is 0 Å². The van der Waals surface area contributed by atoms with Gasteiger partial charge < -0.3 is 5.11 Å². The zero-order valence-corrected chi connectivity index (χ0v) is 12.1. The minimum atomic E-state index is -0.888. The van der Waals surface area contributed by atoms with Gasteiger partial charge in [0.1, 0.15) is 0 Å². The van der Waals surface area contributed by atoms with Gasteiger partial charge in [-0.15, -0.1) is 0 Å². The van der Waals surface area contributed by atoms with Crippen molar-refractivity contribution in [3.8, 4) is 0 Å². The van der Waals surface area contributed by atoms with Crippen LogP contribution in [-0.2, 0) is 11.3 Å². The van der Waals surface area contributed by atoms with Crippen molar-refractivity contribution in [3.63, 3.8) is 0 Å². The molecule has 7 heteroatoms. The Morgan fingerprint density at radius 2 is 2.15 bits per heavy atom. The molecule has 0 aliphatic rings. The number of benzene rings is 1. The molecule has 0 aromatic heterocycles. The van der Waals surface area contributed by atoms with Crippen molar-refractivity contribution in [2.24, 2.45) is 0 Å². The number of nitro benzene ring substituents is 1. The summed E-state index contributed by atoms with van der Waals surface area (Å²) in [5.41, 5.74) is 0.483. The molecule has 110 valence electrons. The van der Waals surface area contributed by atoms with Crippen molar-refractivity contribution >= 4 is 23.3 Å². The second kappa shape index (κ2) is 7.21. The molecule has 0 radical (unpaired) electrons. The number of hydrogen-bond donors (Lipinski definition) is 1. The predicted molar refractivity (Wildman–Crippen MR) is 75.9 cm³/mol. The van der Waals surface area contributed by atoms with Crippen LogP contribution in [0.25, 0.3) is 0 Å². The molecule has 0 amide bonds. The quantitative estimate of drug-likeness (QED) is 0.618. The molecule has 1 aromatic rings. The number of nitrogens with zero attached hydrogens (tertiary/aromatic N) is 2. The Labute approximate surface area is 122 Å². The highest BCUT2D eigenvalue weighted by Crippen LogP contribution is 2.25. The molecule has 0 saturated heterocycles. The summed E-state index contributed by atoms with van der Waals surface area (Å²) >= 11 is 5.77. The predicted octanol–water partition coefficient (Wildman–Crippen LogP) is 2.93. The van der Waals surface area contributed by atoms with E-state index in [0.29, 0.717) is 23.7 Å². The smallest absolute Gasteiger partial charge is 0.304 e. The Hall–Kier alpha value is -1.66. The van der Waals surface area contributed by atoms with E-state index in [9.17, 15) is 14.9 Å². The number of rotatable bonds is 7. The third-order valence-electron chi connectivity index (χ3n) is 2.96. The Bertz CT molecular complexity index is 505. The zero-order valence-electron chi connectivity index (χ0n) is 11.4. The average molecular weight is 301 g/mol. The SMILES string of the molecule is CC(C)N(CCC(=O)O)Cc1ccc(Cl)cc1[N+](=O)[O-]. The number of hydrogen-bond acceptors (Lipinski definition) is 4. The molecule has 0 spiro atoms. The van der Waals surface area contributed by atoms with Gasteiger partial charge in [0.15, 0.2) is 0 Å². The second-order valence-electron chi connectivity index (χ2n) is 4.74. The van der Waals surface area contributed by atoms with Gasteiger partial charge in [-0.1, -0.05) is 11.6 Å². The molecule has 0 unspecified atom stereocenters. The summed E-state index contributed by atoms with van der Waals surface area (Å²) in [5.74, 6) is -0.888. The highest BCUT2D eigenvalue weighted by molar-refractivity contribution is 6.30. The summed E-state index contributed by atoms with van der Waals surface area (Å²) in [6.45, 7) is 4.50. The first kappa shape index (κ1) is 16.4. The normalized spacial score (nSPS) is 11.1. The minimum Gasteiger partial charge on any atom is -0.481 e. The lowest BCUT2D eigenvalue weighted by molar-refractivity contribution is -0.385. The van der Waals surface area contributed by atoms with E-state index in [1.165, 1.54) is 6.07 Å². The topological polar surface area (TPSA) is 83.7 Å². The van der Waals surface area contributed by atoms with Gasteiger partial charge in [0, 0.05) is 35.8 Å². The van der Waals surface area contributed by atoms with E-state index in [1.807, 2.05) is 18.7 Å². The first-order valence-electron chi connectivity index (χ1n) is 6.20. The fourth-order valence-electron chi connectivity index (χ4n) is 1.82. The van der Waals surface area contributed by atoms with E-state index in [0.717, 1.165) is 0 Å². The number of aliphatic carboxylic acids is 1. The third kappa shape index (κ3) is 4.79. The Morgan fingerprint density at radius 3 is 2.65 bits per heavy atom. The number of carboxylic acid groups (broad SMARTS) is 1. The summed E-state index contributed by atoms with van der Waals surface area (Å²) in [4.78, 5) is 23.1. The van der Waals surface area contributed by atoms with Crippen LogP contribution in [-0.4, -0.2) is 33.5 Å². The summed E-state index contributed by atoms with van der Waals surface area (Å²) in [5, 5.41) is 20.1. The van der Waals surface area contributed by atoms with Gasteiger partial charge >= 0.3 is 5.97 Å². The van der Waals surface area contributed by atoms with Gasteiger partial charge in [0.25, 0.3) is 5.69 Å². The summed E-state index contributed by atoms with van der Waals surface area (Å²) < 4.78 is 0. The van der Waals surface area contributed by atoms with Gasteiger partial charge in [0.2, 0.25) is 0 Å². The van der Waals surface area contributed by atoms with Gasteiger partial charge in [-0.05, 0) is 26.0 Å². The molecule has 0 atom stereocenters. The molecule has 1 N–H and O–H groups in total. The van der Waals surface area contributed by atoms with Gasteiger partial charge in [-0.2, -0.15) is 0 Å². The molecule has 0 aliphatic carbocycles. The summed E-state index contributed by atoms with van der Waals surface area (Å²) in [6.07, 6.45) is -0.000429. The molecule has 0 fully saturated rings. The van der Waals surface area contributed by atoms with Crippen LogP contribution < -0.4 is 0 Å². The lowest BCUT2D eigenvalue weighted by Gasteiger charge is -2.25. The van der Waals surface area contributed by atoms with Crippen molar-refractivity contribution in [1.29, 1.82) is 0 Å². The molecule has 20 heavy (non-hydrogen) atoms. The van der Waals surface area contributed by atoms with Gasteiger partial charge in [-0.25, -0.2) is 0 Å². The van der Waals surface area contributed by atoms with Crippen LogP contribution in [0.1, 0.15) is 25.8 Å². The van der Waals surface area contributed by atoms with Gasteiger partial charge in [-0.3, -0.25) is 19.8 Å². The van der Waals surface area contributed by atoms with E-state index in [-0.39, 0.29) is 18.2 Å². The van der Waals surface area contributed by atoms with Crippen molar-refractivity contribution in [2.45, 2.75) is 32.9 Å². The number of nitro groups is 1. The maximum absolute atomic E-state index is 11.0. The van der Waals surface area contributed by atoms with Crippen LogP contribution in [0.3, 0.4) is 0 Å². The lowest BCUT2D eigenvalue weighted by Crippen LogP contribution is -2.32. The number of carbonyl (C=O) groups is 1. The second-order valence-corrected chi connectivity index (χ2v) is 5.17. The monoisotopic (exact) mass is 300 g/mol. The van der Waals surface area contributed by atoms with Crippen LogP contribution in [0.2, 0.25) is 5.02 Å². The van der Waals surface area contributed by atoms with E-state index in [2.05, 4.69) is 0 Å². The van der Waals surface area contributed by atoms with Crippen LogP contribution >= 0.6 is 11.6 Å². The largest absolute Gasteiger partial charge is 0.481 e. The lowest BCUT2D eigenvalue weighted by atomic mass is 10.1. The molecular weight excluding hydrogens is 284 g/mol. The van der Waals surface area contributed by atoms with E-state index in [1.54, 1.807) is 12.1 Å². The summed E-state index contributed by atoms with van der Waals surface area (Å²) in [7, 11) is 0. The fraction of sp³-hybridized carbons (Fsp3) is 0.462. The zero-order chi connectivity index (χ0) is 15.3. The highest BCUT2D eigenvalue weighted by atomic mass is 35.5. The van der Waals surface area contributed by atoms with Crippen LogP contribution in [0.15, 0.2) is 18.2 Å². The van der Waals surface area contributed by atoms with Crippen molar-refractivity contribution in [1.82, 2.24) is 4.90 Å². The first-order chi connectivity index (χ1) is 9.31. The summed E-state index contributed by atoms with van der Waals surface area (Å²) in [6, 6.07) is 4.60. The minimum absolute atomic E-state index is 0.000429. The van der Waals surface area contributed by atoms with Gasteiger partial charge in [0.05, 0.1) is 11.3 Å². The molecule has 6 nitrogen and oxygen atoms in total. The van der Waals surface area contributed by atoms with Crippen LogP contribution in [0, 0.1) is 10.1 Å². The van der Waals surface area contributed by atoms with Crippen molar-refractivity contribution in [2.75, 3.05) is 6.54 Å². The molecule has 0 heterocycles.